The van der Waals surface area contributed by atoms with Crippen LogP contribution in [0.5, 0.6) is 0 Å². The molecule has 4 N–H and O–H groups in total. The number of benzene rings is 4. The quantitative estimate of drug-likeness (QED) is 0.217. The molecule has 4 aromatic carbocycles. The number of hydrogen-bond acceptors (Lipinski definition) is 4. The Morgan fingerprint density at radius 2 is 1.26 bits per heavy atom. The second-order valence-corrected chi connectivity index (χ2v) is 8.96. The van der Waals surface area contributed by atoms with E-state index in [9.17, 15) is 14.4 Å². The van der Waals surface area contributed by atoms with E-state index in [2.05, 4.69) is 21.5 Å². The Morgan fingerprint density at radius 1 is 0.658 bits per heavy atom. The molecule has 7 nitrogen and oxygen atoms in total. The summed E-state index contributed by atoms with van der Waals surface area (Å²) >= 11 is 5.24. The average molecular weight is 523 g/mol. The zero-order valence-electron chi connectivity index (χ0n) is 20.6. The van der Waals surface area contributed by atoms with Crippen LogP contribution in [0.15, 0.2) is 109 Å². The Bertz CT molecular complexity index is 1400. The largest absolute Gasteiger partial charge is 0.322 e. The van der Waals surface area contributed by atoms with Crippen molar-refractivity contribution >= 4 is 40.7 Å². The molecular weight excluding hydrogens is 496 g/mol. The van der Waals surface area contributed by atoms with Crippen molar-refractivity contribution in [2.75, 3.05) is 5.32 Å². The van der Waals surface area contributed by atoms with Gasteiger partial charge < -0.3 is 10.6 Å². The maximum absolute atomic E-state index is 13.1. The highest BCUT2D eigenvalue weighted by molar-refractivity contribution is 7.80. The number of rotatable bonds is 6. The monoisotopic (exact) mass is 522 g/mol. The molecule has 0 heterocycles. The van der Waals surface area contributed by atoms with Gasteiger partial charge in [-0.25, -0.2) is 0 Å². The molecule has 38 heavy (non-hydrogen) atoms. The van der Waals surface area contributed by atoms with Gasteiger partial charge in [0, 0.05) is 16.8 Å². The lowest BCUT2D eigenvalue weighted by molar-refractivity contribution is -0.120. The summed E-state index contributed by atoms with van der Waals surface area (Å²) in [6.45, 7) is 1.92. The number of anilines is 1. The van der Waals surface area contributed by atoms with Crippen LogP contribution >= 0.6 is 12.2 Å². The molecule has 0 saturated carbocycles. The molecule has 0 spiro atoms. The average Bonchev–Trinajstić information content (AvgIpc) is 2.93. The fourth-order valence-corrected chi connectivity index (χ4v) is 4.03. The van der Waals surface area contributed by atoms with Gasteiger partial charge in [0.25, 0.3) is 11.8 Å². The highest BCUT2D eigenvalue weighted by Gasteiger charge is 2.23. The molecule has 0 aliphatic rings. The summed E-state index contributed by atoms with van der Waals surface area (Å²) in [5.74, 6) is -1.60. The first-order valence-corrected chi connectivity index (χ1v) is 12.3. The molecule has 0 atom stereocenters. The van der Waals surface area contributed by atoms with Gasteiger partial charge in [0.1, 0.15) is 0 Å². The number of aryl methyl sites for hydroxylation is 1. The van der Waals surface area contributed by atoms with Crippen molar-refractivity contribution in [3.8, 4) is 0 Å². The first-order valence-electron chi connectivity index (χ1n) is 11.9. The number of nitrogens with one attached hydrogen (secondary N) is 4. The van der Waals surface area contributed by atoms with Gasteiger partial charge in [-0.3, -0.25) is 25.2 Å². The number of hydrogen-bond donors (Lipinski definition) is 4. The molecule has 8 heteroatoms. The summed E-state index contributed by atoms with van der Waals surface area (Å²) < 4.78 is 0. The minimum Gasteiger partial charge on any atom is -0.322 e. The minimum atomic E-state index is -0.574. The molecule has 4 aromatic rings. The van der Waals surface area contributed by atoms with Crippen molar-refractivity contribution < 1.29 is 14.4 Å². The maximum Gasteiger partial charge on any atom is 0.269 e. The lowest BCUT2D eigenvalue weighted by Gasteiger charge is -2.19. The van der Waals surface area contributed by atoms with Gasteiger partial charge in [0.2, 0.25) is 5.91 Å². The van der Waals surface area contributed by atoms with E-state index < -0.39 is 11.8 Å². The predicted octanol–water partition coefficient (Wildman–Crippen LogP) is 4.71. The molecule has 0 aliphatic carbocycles. The third kappa shape index (κ3) is 6.89. The van der Waals surface area contributed by atoms with Gasteiger partial charge >= 0.3 is 0 Å². The van der Waals surface area contributed by atoms with Crippen molar-refractivity contribution in [2.24, 2.45) is 0 Å². The van der Waals surface area contributed by atoms with Crippen LogP contribution in [0.2, 0.25) is 0 Å². The van der Waals surface area contributed by atoms with E-state index in [4.69, 9.17) is 12.2 Å². The summed E-state index contributed by atoms with van der Waals surface area (Å²) in [7, 11) is 0. The van der Waals surface area contributed by atoms with E-state index in [1.54, 1.807) is 36.4 Å². The predicted molar refractivity (Wildman–Crippen MR) is 152 cm³/mol. The normalized spacial score (nSPS) is 10.4. The van der Waals surface area contributed by atoms with Crippen molar-refractivity contribution in [2.45, 2.75) is 12.8 Å². The molecular formula is C30H26N4O3S. The second-order valence-electron chi connectivity index (χ2n) is 8.55. The van der Waals surface area contributed by atoms with Crippen LogP contribution in [-0.2, 0) is 4.79 Å². The summed E-state index contributed by atoms with van der Waals surface area (Å²) in [4.78, 5) is 38.1. The first kappa shape index (κ1) is 26.2. The topological polar surface area (TPSA) is 99.3 Å². The van der Waals surface area contributed by atoms with E-state index in [0.29, 0.717) is 16.8 Å². The van der Waals surface area contributed by atoms with E-state index in [1.165, 1.54) is 0 Å². The Morgan fingerprint density at radius 3 is 1.84 bits per heavy atom. The van der Waals surface area contributed by atoms with Gasteiger partial charge in [0.15, 0.2) is 5.11 Å². The van der Waals surface area contributed by atoms with Crippen LogP contribution < -0.4 is 21.5 Å². The minimum absolute atomic E-state index is 0.0396. The molecule has 0 radical (unpaired) electrons. The van der Waals surface area contributed by atoms with Gasteiger partial charge in [-0.05, 0) is 66.7 Å². The molecule has 0 saturated heterocycles. The lowest BCUT2D eigenvalue weighted by atomic mass is 9.90. The molecule has 190 valence electrons. The Kier molecular flexibility index (Phi) is 8.58. The number of carbonyl (C=O) groups is 3. The van der Waals surface area contributed by atoms with Gasteiger partial charge in [-0.2, -0.15) is 0 Å². The van der Waals surface area contributed by atoms with E-state index in [1.807, 2.05) is 79.7 Å². The van der Waals surface area contributed by atoms with Crippen LogP contribution in [0.3, 0.4) is 0 Å². The third-order valence-electron chi connectivity index (χ3n) is 5.74. The SMILES string of the molecule is Cc1cccc(C(=O)Nc2ccc(C(=O)NNC(=S)NC(=O)C(c3ccccc3)c3ccccc3)cc2)c1. The van der Waals surface area contributed by atoms with E-state index >= 15 is 0 Å². The molecule has 0 bridgehead atoms. The van der Waals surface area contributed by atoms with Crippen LogP contribution in [-0.4, -0.2) is 22.8 Å². The third-order valence-corrected chi connectivity index (χ3v) is 5.94. The lowest BCUT2D eigenvalue weighted by Crippen LogP contribution is -2.49. The van der Waals surface area contributed by atoms with Gasteiger partial charge in [-0.15, -0.1) is 0 Å². The Balaban J connectivity index is 1.32. The molecule has 0 aromatic heterocycles. The van der Waals surface area contributed by atoms with Gasteiger partial charge in [0.05, 0.1) is 5.92 Å². The Hall–Kier alpha value is -4.82. The summed E-state index contributed by atoms with van der Waals surface area (Å²) in [6, 6.07) is 32.4. The number of thiocarbonyl (C=S) groups is 1. The second kappa shape index (κ2) is 12.4. The summed E-state index contributed by atoms with van der Waals surface area (Å²) in [6.07, 6.45) is 0. The van der Waals surface area contributed by atoms with Crippen LogP contribution in [0.4, 0.5) is 5.69 Å². The van der Waals surface area contributed by atoms with Crippen LogP contribution in [0, 0.1) is 6.92 Å². The highest BCUT2D eigenvalue weighted by atomic mass is 32.1. The van der Waals surface area contributed by atoms with Gasteiger partial charge in [-0.1, -0.05) is 78.4 Å². The number of hydrazine groups is 1. The number of carbonyl (C=O) groups excluding carboxylic acids is 3. The zero-order valence-corrected chi connectivity index (χ0v) is 21.4. The highest BCUT2D eigenvalue weighted by Crippen LogP contribution is 2.24. The van der Waals surface area contributed by atoms with Crippen LogP contribution in [0.25, 0.3) is 0 Å². The summed E-state index contributed by atoms with van der Waals surface area (Å²) in [5, 5.41) is 5.42. The Labute approximate surface area is 226 Å². The molecule has 0 aliphatic heterocycles. The zero-order chi connectivity index (χ0) is 26.9. The molecule has 4 rings (SSSR count). The smallest absolute Gasteiger partial charge is 0.269 e. The standard InChI is InChI=1S/C30H26N4O3S/c1-20-9-8-14-24(19-20)27(35)31-25-17-15-23(16-18-25)28(36)33-34-30(38)32-29(37)26(21-10-4-2-5-11-21)22-12-6-3-7-13-22/h2-19,26H,1H3,(H,31,35)(H,33,36)(H2,32,34,37,38). The van der Waals surface area contributed by atoms with Crippen molar-refractivity contribution in [3.05, 3.63) is 137 Å². The van der Waals surface area contributed by atoms with E-state index in [-0.39, 0.29) is 16.9 Å². The first-order chi connectivity index (χ1) is 18.4. The van der Waals surface area contributed by atoms with Crippen molar-refractivity contribution in [1.29, 1.82) is 0 Å². The fourth-order valence-electron chi connectivity index (χ4n) is 3.88. The summed E-state index contributed by atoms with van der Waals surface area (Å²) in [5.41, 5.74) is 9.12. The molecule has 0 unspecified atom stereocenters. The molecule has 0 fully saturated rings. The molecule has 3 amide bonds. The van der Waals surface area contributed by atoms with Crippen molar-refractivity contribution in [1.82, 2.24) is 16.2 Å². The number of amides is 3. The van der Waals surface area contributed by atoms with E-state index in [0.717, 1.165) is 16.7 Å². The fraction of sp³-hybridized carbons (Fsp3) is 0.0667. The van der Waals surface area contributed by atoms with Crippen LogP contribution in [0.1, 0.15) is 43.3 Å². The van der Waals surface area contributed by atoms with Crippen molar-refractivity contribution in [3.63, 3.8) is 0 Å². The maximum atomic E-state index is 13.1.